The van der Waals surface area contributed by atoms with Gasteiger partial charge in [0, 0.05) is 55.9 Å². The van der Waals surface area contributed by atoms with Gasteiger partial charge in [0.25, 0.3) is 0 Å². The van der Waals surface area contributed by atoms with E-state index in [1.807, 2.05) is 58.0 Å². The number of pyridine rings is 3. The van der Waals surface area contributed by atoms with Gasteiger partial charge in [-0.15, -0.1) is 0 Å². The van der Waals surface area contributed by atoms with Crippen molar-refractivity contribution in [3.63, 3.8) is 0 Å². The maximum absolute atomic E-state index is 12.3. The Morgan fingerprint density at radius 2 is 1.74 bits per heavy atom. The van der Waals surface area contributed by atoms with Gasteiger partial charge in [-0.1, -0.05) is 0 Å². The van der Waals surface area contributed by atoms with Crippen LogP contribution in [0.4, 0.5) is 27.9 Å². The fourth-order valence-corrected chi connectivity index (χ4v) is 3.69. The Kier molecular flexibility index (Phi) is 6.54. The van der Waals surface area contributed by atoms with Gasteiger partial charge in [-0.2, -0.15) is 0 Å². The van der Waals surface area contributed by atoms with Crippen molar-refractivity contribution >= 4 is 29.2 Å². The summed E-state index contributed by atoms with van der Waals surface area (Å²) in [6, 6.07) is 11.4. The van der Waals surface area contributed by atoms with Gasteiger partial charge in [-0.25, -0.2) is 19.7 Å². The van der Waals surface area contributed by atoms with E-state index < -0.39 is 5.60 Å². The van der Waals surface area contributed by atoms with E-state index in [1.54, 1.807) is 23.4 Å². The van der Waals surface area contributed by atoms with Gasteiger partial charge in [0.1, 0.15) is 23.1 Å². The third-order valence-electron chi connectivity index (χ3n) is 5.32. The Morgan fingerprint density at radius 1 is 1.00 bits per heavy atom. The summed E-state index contributed by atoms with van der Waals surface area (Å²) in [4.78, 5) is 29.9. The minimum absolute atomic E-state index is 0.277. The number of amides is 1. The molecular weight excluding hydrogens is 430 g/mol. The molecule has 34 heavy (non-hydrogen) atoms. The zero-order valence-corrected chi connectivity index (χ0v) is 20.1. The molecule has 0 aromatic carbocycles. The van der Waals surface area contributed by atoms with E-state index in [0.717, 1.165) is 22.6 Å². The largest absolute Gasteiger partial charge is 0.444 e. The normalized spacial score (nSPS) is 14.1. The van der Waals surface area contributed by atoms with Gasteiger partial charge >= 0.3 is 6.09 Å². The van der Waals surface area contributed by atoms with E-state index >= 15 is 0 Å². The molecule has 9 nitrogen and oxygen atoms in total. The number of rotatable bonds is 4. The lowest BCUT2D eigenvalue weighted by Crippen LogP contribution is -2.50. The highest BCUT2D eigenvalue weighted by molar-refractivity contribution is 5.71. The molecule has 0 aliphatic carbocycles. The van der Waals surface area contributed by atoms with E-state index in [-0.39, 0.29) is 6.09 Å². The second-order valence-electron chi connectivity index (χ2n) is 9.37. The summed E-state index contributed by atoms with van der Waals surface area (Å²) in [7, 11) is 0. The van der Waals surface area contributed by atoms with Crippen LogP contribution in [0.25, 0.3) is 11.3 Å². The Bertz CT molecular complexity index is 1170. The number of piperazine rings is 1. The second-order valence-corrected chi connectivity index (χ2v) is 9.37. The number of nitrogens with zero attached hydrogens (tertiary/aromatic N) is 5. The van der Waals surface area contributed by atoms with Crippen LogP contribution in [0.1, 0.15) is 26.3 Å². The molecule has 9 heteroatoms. The zero-order chi connectivity index (χ0) is 24.3. The molecule has 3 aromatic heterocycles. The number of ether oxygens (including phenoxy) is 1. The Balaban J connectivity index is 1.48. The van der Waals surface area contributed by atoms with Crippen molar-refractivity contribution in [2.24, 2.45) is 0 Å². The van der Waals surface area contributed by atoms with Gasteiger partial charge in [-0.05, 0) is 63.6 Å². The fraction of sp³-hybridized carbons (Fsp3) is 0.360. The predicted octanol–water partition coefficient (Wildman–Crippen LogP) is 4.23. The highest BCUT2D eigenvalue weighted by Crippen LogP contribution is 2.27. The SMILES string of the molecule is Cc1ccnc(Nc2cc(N)cc(-c3ccnc(N4CCN(C(=O)OC(C)(C)C)CC4)c3)n2)c1. The van der Waals surface area contributed by atoms with E-state index in [1.165, 1.54) is 0 Å². The Hall–Kier alpha value is -3.88. The molecule has 0 spiro atoms. The van der Waals surface area contributed by atoms with Crippen LogP contribution in [-0.2, 0) is 4.74 Å². The first-order valence-corrected chi connectivity index (χ1v) is 11.3. The van der Waals surface area contributed by atoms with Gasteiger partial charge in [0.05, 0.1) is 5.69 Å². The van der Waals surface area contributed by atoms with Crippen LogP contribution < -0.4 is 16.0 Å². The van der Waals surface area contributed by atoms with Crippen molar-refractivity contribution < 1.29 is 9.53 Å². The number of nitrogen functional groups attached to an aromatic ring is 1. The summed E-state index contributed by atoms with van der Waals surface area (Å²) >= 11 is 0. The van der Waals surface area contributed by atoms with E-state index in [4.69, 9.17) is 15.5 Å². The molecule has 3 aromatic rings. The minimum Gasteiger partial charge on any atom is -0.444 e. The molecule has 4 rings (SSSR count). The predicted molar refractivity (Wildman–Crippen MR) is 134 cm³/mol. The molecule has 1 aliphatic rings. The second kappa shape index (κ2) is 9.54. The number of hydrogen-bond donors (Lipinski definition) is 2. The first-order valence-electron chi connectivity index (χ1n) is 11.3. The third-order valence-corrected chi connectivity index (χ3v) is 5.32. The molecule has 1 aliphatic heterocycles. The molecule has 0 saturated carbocycles. The van der Waals surface area contributed by atoms with Crippen molar-refractivity contribution in [3.05, 3.63) is 54.4 Å². The molecule has 0 bridgehead atoms. The first kappa shape index (κ1) is 23.3. The summed E-state index contributed by atoms with van der Waals surface area (Å²) in [5.41, 5.74) is 9.03. The van der Waals surface area contributed by atoms with E-state index in [2.05, 4.69) is 20.2 Å². The lowest BCUT2D eigenvalue weighted by Gasteiger charge is -2.36. The summed E-state index contributed by atoms with van der Waals surface area (Å²) in [5, 5.41) is 3.23. The minimum atomic E-state index is -0.502. The molecule has 0 atom stereocenters. The number of carbonyl (C=O) groups is 1. The number of hydrogen-bond acceptors (Lipinski definition) is 8. The molecule has 0 radical (unpaired) electrons. The van der Waals surface area contributed by atoms with Crippen molar-refractivity contribution in [2.45, 2.75) is 33.3 Å². The number of anilines is 4. The maximum atomic E-state index is 12.3. The smallest absolute Gasteiger partial charge is 0.410 e. The zero-order valence-electron chi connectivity index (χ0n) is 20.1. The Labute approximate surface area is 200 Å². The van der Waals surface area contributed by atoms with Gasteiger partial charge in [0.15, 0.2) is 0 Å². The molecule has 1 saturated heterocycles. The molecule has 1 amide bonds. The van der Waals surface area contributed by atoms with Crippen LogP contribution in [-0.4, -0.2) is 57.7 Å². The van der Waals surface area contributed by atoms with Crippen LogP contribution in [0.2, 0.25) is 0 Å². The van der Waals surface area contributed by atoms with Gasteiger partial charge in [-0.3, -0.25) is 0 Å². The number of nitrogens with one attached hydrogen (secondary N) is 1. The van der Waals surface area contributed by atoms with Crippen molar-refractivity contribution in [3.8, 4) is 11.3 Å². The summed E-state index contributed by atoms with van der Waals surface area (Å²) in [6.45, 7) is 10.1. The fourth-order valence-electron chi connectivity index (χ4n) is 3.69. The molecule has 4 heterocycles. The van der Waals surface area contributed by atoms with Crippen molar-refractivity contribution in [2.75, 3.05) is 42.1 Å². The summed E-state index contributed by atoms with van der Waals surface area (Å²) < 4.78 is 5.49. The van der Waals surface area contributed by atoms with Crippen LogP contribution in [0, 0.1) is 6.92 Å². The standard InChI is InChI=1S/C25H31N7O2/c1-17-5-7-27-21(13-17)30-22-16-19(26)15-20(29-22)18-6-8-28-23(14-18)31-9-11-32(12-10-31)24(33)34-25(2,3)4/h5-8,13-16H,9-12H2,1-4H3,(H3,26,27,29,30). The molecule has 3 N–H and O–H groups in total. The maximum Gasteiger partial charge on any atom is 0.410 e. The van der Waals surface area contributed by atoms with Gasteiger partial charge in [0.2, 0.25) is 0 Å². The average molecular weight is 462 g/mol. The van der Waals surface area contributed by atoms with Crippen LogP contribution >= 0.6 is 0 Å². The number of carbonyl (C=O) groups excluding carboxylic acids is 1. The lowest BCUT2D eigenvalue weighted by atomic mass is 10.1. The molecule has 178 valence electrons. The van der Waals surface area contributed by atoms with E-state index in [0.29, 0.717) is 43.5 Å². The van der Waals surface area contributed by atoms with Crippen LogP contribution in [0.5, 0.6) is 0 Å². The van der Waals surface area contributed by atoms with Crippen molar-refractivity contribution in [1.29, 1.82) is 0 Å². The van der Waals surface area contributed by atoms with Crippen molar-refractivity contribution in [1.82, 2.24) is 19.9 Å². The first-order chi connectivity index (χ1) is 16.2. The molecular formula is C25H31N7O2. The highest BCUT2D eigenvalue weighted by Gasteiger charge is 2.26. The highest BCUT2D eigenvalue weighted by atomic mass is 16.6. The molecule has 0 unspecified atom stereocenters. The monoisotopic (exact) mass is 461 g/mol. The number of aryl methyl sites for hydroxylation is 1. The number of nitrogens with two attached hydrogens (primary N) is 1. The van der Waals surface area contributed by atoms with Crippen LogP contribution in [0.15, 0.2) is 48.8 Å². The summed E-state index contributed by atoms with van der Waals surface area (Å²) in [6.07, 6.45) is 3.24. The quantitative estimate of drug-likeness (QED) is 0.594. The summed E-state index contributed by atoms with van der Waals surface area (Å²) in [5.74, 6) is 2.17. The molecule has 1 fully saturated rings. The van der Waals surface area contributed by atoms with E-state index in [9.17, 15) is 4.79 Å². The van der Waals surface area contributed by atoms with Gasteiger partial charge < -0.3 is 25.6 Å². The lowest BCUT2D eigenvalue weighted by molar-refractivity contribution is 0.0240. The topological polar surface area (TPSA) is 110 Å². The number of aromatic nitrogens is 3. The van der Waals surface area contributed by atoms with Crippen LogP contribution in [0.3, 0.4) is 0 Å². The third kappa shape index (κ3) is 5.92. The Morgan fingerprint density at radius 3 is 2.44 bits per heavy atom. The average Bonchev–Trinajstić information content (AvgIpc) is 2.78.